The Hall–Kier alpha value is 0.0700. The van der Waals surface area contributed by atoms with Crippen LogP contribution >= 0.6 is 35.0 Å². The third kappa shape index (κ3) is 4.83. The van der Waals surface area contributed by atoms with E-state index >= 15 is 0 Å². The number of hydrogen-bond acceptors (Lipinski definition) is 3. The smallest absolute Gasteiger partial charge is 0.0471 e. The molecular formula is C14H22Cl2N2S. The summed E-state index contributed by atoms with van der Waals surface area (Å²) in [6.45, 7) is 2.76. The van der Waals surface area contributed by atoms with Gasteiger partial charge in [-0.05, 0) is 43.5 Å². The summed E-state index contributed by atoms with van der Waals surface area (Å²) in [5.74, 6) is 1.10. The zero-order valence-corrected chi connectivity index (χ0v) is 14.0. The van der Waals surface area contributed by atoms with Gasteiger partial charge in [0.25, 0.3) is 0 Å². The Morgan fingerprint density at radius 1 is 1.26 bits per heavy atom. The van der Waals surface area contributed by atoms with Crippen LogP contribution in [0.3, 0.4) is 0 Å². The average molecular weight is 321 g/mol. The molecule has 2 atom stereocenters. The molecule has 0 bridgehead atoms. The van der Waals surface area contributed by atoms with Crippen molar-refractivity contribution in [2.24, 2.45) is 5.73 Å². The molecule has 2 nitrogen and oxygen atoms in total. The molecule has 1 aromatic carbocycles. The zero-order valence-electron chi connectivity index (χ0n) is 11.7. The minimum Gasteiger partial charge on any atom is -0.329 e. The fourth-order valence-corrected chi connectivity index (χ4v) is 3.67. The van der Waals surface area contributed by atoms with Gasteiger partial charge in [-0.25, -0.2) is 0 Å². The summed E-state index contributed by atoms with van der Waals surface area (Å²) < 4.78 is 0. The Labute approximate surface area is 130 Å². The van der Waals surface area contributed by atoms with Gasteiger partial charge in [0, 0.05) is 34.4 Å². The van der Waals surface area contributed by atoms with Gasteiger partial charge in [-0.1, -0.05) is 30.1 Å². The van der Waals surface area contributed by atoms with E-state index in [9.17, 15) is 0 Å². The van der Waals surface area contributed by atoms with Crippen LogP contribution in [0.5, 0.6) is 0 Å². The number of nitrogens with two attached hydrogens (primary N) is 1. The average Bonchev–Trinajstić information content (AvgIpc) is 2.35. The van der Waals surface area contributed by atoms with Gasteiger partial charge in [0.05, 0.1) is 0 Å². The highest BCUT2D eigenvalue weighted by atomic mass is 35.5. The van der Waals surface area contributed by atoms with Crippen molar-refractivity contribution in [2.45, 2.75) is 25.4 Å². The van der Waals surface area contributed by atoms with E-state index in [0.29, 0.717) is 22.6 Å². The van der Waals surface area contributed by atoms with E-state index in [4.69, 9.17) is 28.9 Å². The summed E-state index contributed by atoms with van der Waals surface area (Å²) in [6, 6.07) is 6.30. The number of hydrogen-bond donors (Lipinski definition) is 1. The monoisotopic (exact) mass is 320 g/mol. The maximum absolute atomic E-state index is 6.08. The van der Waals surface area contributed by atoms with Crippen LogP contribution in [0.15, 0.2) is 18.2 Å². The Kier molecular flexibility index (Phi) is 7.55. The SMILES string of the molecule is CCC(CSC)N(C)C(CN)c1cc(Cl)cc(Cl)c1. The summed E-state index contributed by atoms with van der Waals surface area (Å²) in [5, 5.41) is 1.32. The predicted molar refractivity (Wildman–Crippen MR) is 88.5 cm³/mol. The van der Waals surface area contributed by atoms with Crippen molar-refractivity contribution in [1.29, 1.82) is 0 Å². The fraction of sp³-hybridized carbons (Fsp3) is 0.571. The lowest BCUT2D eigenvalue weighted by Crippen LogP contribution is -2.39. The highest BCUT2D eigenvalue weighted by molar-refractivity contribution is 7.98. The highest BCUT2D eigenvalue weighted by Gasteiger charge is 2.22. The molecule has 5 heteroatoms. The van der Waals surface area contributed by atoms with E-state index in [0.717, 1.165) is 17.7 Å². The Morgan fingerprint density at radius 3 is 2.26 bits per heavy atom. The topological polar surface area (TPSA) is 29.3 Å². The van der Waals surface area contributed by atoms with Crippen LogP contribution in [-0.2, 0) is 0 Å². The first-order valence-corrected chi connectivity index (χ1v) is 8.55. The summed E-state index contributed by atoms with van der Waals surface area (Å²) in [4.78, 5) is 2.33. The minimum absolute atomic E-state index is 0.147. The maximum Gasteiger partial charge on any atom is 0.0471 e. The van der Waals surface area contributed by atoms with Gasteiger partial charge in [-0.15, -0.1) is 0 Å². The molecule has 2 N–H and O–H groups in total. The van der Waals surface area contributed by atoms with E-state index in [1.54, 1.807) is 6.07 Å². The van der Waals surface area contributed by atoms with Crippen LogP contribution in [-0.4, -0.2) is 36.5 Å². The first-order chi connectivity index (χ1) is 9.03. The third-order valence-electron chi connectivity index (χ3n) is 3.39. The molecule has 108 valence electrons. The molecular weight excluding hydrogens is 299 g/mol. The molecule has 0 amide bonds. The number of rotatable bonds is 7. The van der Waals surface area contributed by atoms with E-state index in [2.05, 4.69) is 25.1 Å². The van der Waals surface area contributed by atoms with Crippen molar-refractivity contribution >= 4 is 35.0 Å². The molecule has 0 fully saturated rings. The first-order valence-electron chi connectivity index (χ1n) is 6.40. The van der Waals surface area contributed by atoms with Crippen molar-refractivity contribution in [3.05, 3.63) is 33.8 Å². The van der Waals surface area contributed by atoms with Crippen molar-refractivity contribution < 1.29 is 0 Å². The lowest BCUT2D eigenvalue weighted by Gasteiger charge is -2.34. The normalized spacial score (nSPS) is 14.7. The third-order valence-corrected chi connectivity index (χ3v) is 4.55. The molecule has 2 unspecified atom stereocenters. The number of benzene rings is 1. The molecule has 1 rings (SSSR count). The lowest BCUT2D eigenvalue weighted by molar-refractivity contribution is 0.188. The van der Waals surface area contributed by atoms with Crippen LogP contribution in [0, 0.1) is 0 Å². The van der Waals surface area contributed by atoms with Gasteiger partial charge < -0.3 is 5.73 Å². The maximum atomic E-state index is 6.08. The van der Waals surface area contributed by atoms with Crippen LogP contribution in [0.2, 0.25) is 10.0 Å². The molecule has 0 heterocycles. The van der Waals surface area contributed by atoms with Crippen LogP contribution in [0.4, 0.5) is 0 Å². The van der Waals surface area contributed by atoms with Gasteiger partial charge >= 0.3 is 0 Å². The molecule has 0 aliphatic heterocycles. The van der Waals surface area contributed by atoms with Crippen LogP contribution < -0.4 is 5.73 Å². The molecule has 0 radical (unpaired) electrons. The van der Waals surface area contributed by atoms with Gasteiger partial charge in [-0.2, -0.15) is 11.8 Å². The fourth-order valence-electron chi connectivity index (χ4n) is 2.28. The second-order valence-corrected chi connectivity index (χ2v) is 6.42. The molecule has 0 aliphatic carbocycles. The molecule has 0 spiro atoms. The van der Waals surface area contributed by atoms with Crippen LogP contribution in [0.25, 0.3) is 0 Å². The van der Waals surface area contributed by atoms with Gasteiger partial charge in [0.15, 0.2) is 0 Å². The number of likely N-dealkylation sites (N-methyl/N-ethyl adjacent to an activating group) is 1. The van der Waals surface area contributed by atoms with Crippen molar-refractivity contribution in [3.8, 4) is 0 Å². The second kappa shape index (κ2) is 8.38. The Bertz CT molecular complexity index is 381. The minimum atomic E-state index is 0.147. The summed E-state index contributed by atoms with van der Waals surface area (Å²) in [5.41, 5.74) is 7.05. The lowest BCUT2D eigenvalue weighted by atomic mass is 10.0. The standard InChI is InChI=1S/C14H22Cl2N2S/c1-4-13(9-19-3)18(2)14(8-17)10-5-11(15)7-12(16)6-10/h5-7,13-14H,4,8-9,17H2,1-3H3. The number of nitrogens with zero attached hydrogens (tertiary/aromatic N) is 1. The summed E-state index contributed by atoms with van der Waals surface area (Å²) >= 11 is 14.0. The predicted octanol–water partition coefficient (Wildman–Crippen LogP) is 4.07. The van der Waals surface area contributed by atoms with E-state index in [-0.39, 0.29) is 6.04 Å². The number of thioether (sulfide) groups is 1. The van der Waals surface area contributed by atoms with E-state index in [1.807, 2.05) is 23.9 Å². The first kappa shape index (κ1) is 17.1. The Morgan fingerprint density at radius 2 is 1.84 bits per heavy atom. The van der Waals surface area contributed by atoms with E-state index < -0.39 is 0 Å². The molecule has 0 aromatic heterocycles. The van der Waals surface area contributed by atoms with Gasteiger partial charge in [-0.3, -0.25) is 4.90 Å². The zero-order chi connectivity index (χ0) is 14.4. The van der Waals surface area contributed by atoms with E-state index in [1.165, 1.54) is 0 Å². The molecule has 19 heavy (non-hydrogen) atoms. The second-order valence-electron chi connectivity index (χ2n) is 4.64. The largest absolute Gasteiger partial charge is 0.329 e. The summed E-state index contributed by atoms with van der Waals surface area (Å²) in [6.07, 6.45) is 3.23. The van der Waals surface area contributed by atoms with Crippen molar-refractivity contribution in [3.63, 3.8) is 0 Å². The van der Waals surface area contributed by atoms with Gasteiger partial charge in [0.1, 0.15) is 0 Å². The van der Waals surface area contributed by atoms with Crippen LogP contribution in [0.1, 0.15) is 24.9 Å². The van der Waals surface area contributed by atoms with Crippen molar-refractivity contribution in [2.75, 3.05) is 25.6 Å². The molecule has 1 aromatic rings. The molecule has 0 saturated carbocycles. The Balaban J connectivity index is 2.97. The van der Waals surface area contributed by atoms with Gasteiger partial charge in [0.2, 0.25) is 0 Å². The quantitative estimate of drug-likeness (QED) is 0.821. The molecule has 0 aliphatic rings. The molecule has 0 saturated heterocycles. The summed E-state index contributed by atoms with van der Waals surface area (Å²) in [7, 11) is 2.12. The highest BCUT2D eigenvalue weighted by Crippen LogP contribution is 2.28. The van der Waals surface area contributed by atoms with Crippen molar-refractivity contribution in [1.82, 2.24) is 4.90 Å². The number of halogens is 2.